The minimum atomic E-state index is -1.45. The van der Waals surface area contributed by atoms with Crippen molar-refractivity contribution in [2.24, 2.45) is 0 Å². The van der Waals surface area contributed by atoms with E-state index in [9.17, 15) is 9.59 Å². The van der Waals surface area contributed by atoms with Gasteiger partial charge >= 0.3 is 11.9 Å². The fraction of sp³-hybridized carbons (Fsp3) is 0.556. The van der Waals surface area contributed by atoms with Crippen molar-refractivity contribution in [3.8, 4) is 0 Å². The summed E-state index contributed by atoms with van der Waals surface area (Å²) in [5, 5.41) is 0. The molecule has 2 rings (SSSR count). The van der Waals surface area contributed by atoms with Gasteiger partial charge in [0.15, 0.2) is 0 Å². The van der Waals surface area contributed by atoms with Gasteiger partial charge in [0.2, 0.25) is 0 Å². The Bertz CT molecular complexity index is 507. The molecule has 0 aliphatic carbocycles. The third kappa shape index (κ3) is 7.92. The number of benzene rings is 1. The fourth-order valence-electron chi connectivity index (χ4n) is 2.08. The lowest BCUT2D eigenvalue weighted by molar-refractivity contribution is -0.176. The third-order valence-corrected chi connectivity index (χ3v) is 3.38. The minimum absolute atomic E-state index is 0.0143. The molecule has 0 atom stereocenters. The molecule has 1 fully saturated rings. The molecule has 26 heavy (non-hydrogen) atoms. The number of carbonyl (C=O) groups is 2. The van der Waals surface area contributed by atoms with Crippen molar-refractivity contribution >= 4 is 11.9 Å². The number of cyclic esters (lactones) is 2. The Hall–Kier alpha value is -2.00. The van der Waals surface area contributed by atoms with Crippen LogP contribution in [-0.4, -0.2) is 70.9 Å². The Kier molecular flexibility index (Phi) is 9.66. The zero-order chi connectivity index (χ0) is 18.5. The average molecular weight is 368 g/mol. The van der Waals surface area contributed by atoms with Crippen LogP contribution in [0.25, 0.3) is 0 Å². The van der Waals surface area contributed by atoms with Gasteiger partial charge in [-0.2, -0.15) is 0 Å². The lowest BCUT2D eigenvalue weighted by Crippen LogP contribution is -2.37. The summed E-state index contributed by atoms with van der Waals surface area (Å²) in [5.41, 5.74) is 0.826. The van der Waals surface area contributed by atoms with Crippen molar-refractivity contribution in [2.45, 2.75) is 12.7 Å². The minimum Gasteiger partial charge on any atom is -0.461 e. The van der Waals surface area contributed by atoms with Gasteiger partial charge in [-0.3, -0.25) is 0 Å². The number of hydrogen-bond donors (Lipinski definition) is 0. The maximum Gasteiger partial charge on any atom is 0.347 e. The first-order valence-electron chi connectivity index (χ1n) is 8.49. The molecule has 1 heterocycles. The second-order valence-electron chi connectivity index (χ2n) is 5.35. The zero-order valence-corrected chi connectivity index (χ0v) is 14.6. The maximum atomic E-state index is 12.2. The summed E-state index contributed by atoms with van der Waals surface area (Å²) in [6.07, 6.45) is -1.45. The molecule has 0 N–H and O–H groups in total. The van der Waals surface area contributed by atoms with Crippen LogP contribution < -0.4 is 0 Å². The fourth-order valence-corrected chi connectivity index (χ4v) is 2.08. The predicted octanol–water partition coefficient (Wildman–Crippen LogP) is 0.722. The van der Waals surface area contributed by atoms with Gasteiger partial charge in [-0.1, -0.05) is 30.3 Å². The molecule has 0 unspecified atom stereocenters. The summed E-state index contributed by atoms with van der Waals surface area (Å²) in [6.45, 7) is 2.13. The quantitative estimate of drug-likeness (QED) is 0.570. The SMILES string of the molecule is O=C1OCCOCCOCCOCCOC(=O)C1OCc1ccccc1. The Labute approximate surface area is 152 Å². The van der Waals surface area contributed by atoms with Crippen molar-refractivity contribution in [3.05, 3.63) is 35.9 Å². The summed E-state index contributed by atoms with van der Waals surface area (Å²) in [5.74, 6) is -1.61. The monoisotopic (exact) mass is 368 g/mol. The van der Waals surface area contributed by atoms with Gasteiger partial charge in [0.25, 0.3) is 6.10 Å². The van der Waals surface area contributed by atoms with E-state index in [1.807, 2.05) is 30.3 Å². The number of esters is 2. The van der Waals surface area contributed by atoms with Gasteiger partial charge < -0.3 is 28.4 Å². The summed E-state index contributed by atoms with van der Waals surface area (Å²) in [6, 6.07) is 9.20. The summed E-state index contributed by atoms with van der Waals surface area (Å²) < 4.78 is 31.4. The molecule has 1 aromatic carbocycles. The molecule has 0 bridgehead atoms. The van der Waals surface area contributed by atoms with Crippen LogP contribution in [0.1, 0.15) is 5.56 Å². The Morgan fingerprint density at radius 3 is 1.69 bits per heavy atom. The molecule has 8 heteroatoms. The van der Waals surface area contributed by atoms with E-state index < -0.39 is 18.0 Å². The van der Waals surface area contributed by atoms with Crippen LogP contribution in [0.5, 0.6) is 0 Å². The van der Waals surface area contributed by atoms with Crippen LogP contribution in [0.4, 0.5) is 0 Å². The van der Waals surface area contributed by atoms with Gasteiger partial charge in [-0.15, -0.1) is 0 Å². The van der Waals surface area contributed by atoms with Crippen LogP contribution in [0.15, 0.2) is 30.3 Å². The largest absolute Gasteiger partial charge is 0.461 e. The molecule has 8 nitrogen and oxygen atoms in total. The van der Waals surface area contributed by atoms with E-state index in [-0.39, 0.29) is 33.0 Å². The second-order valence-corrected chi connectivity index (χ2v) is 5.35. The van der Waals surface area contributed by atoms with Crippen molar-refractivity contribution in [1.29, 1.82) is 0 Å². The third-order valence-electron chi connectivity index (χ3n) is 3.38. The van der Waals surface area contributed by atoms with Crippen LogP contribution >= 0.6 is 0 Å². The molecule has 1 saturated heterocycles. The van der Waals surface area contributed by atoms with Crippen LogP contribution in [0.2, 0.25) is 0 Å². The topological polar surface area (TPSA) is 89.5 Å². The van der Waals surface area contributed by atoms with Crippen LogP contribution in [0.3, 0.4) is 0 Å². The number of hydrogen-bond acceptors (Lipinski definition) is 8. The summed E-state index contributed by atoms with van der Waals surface area (Å²) in [4.78, 5) is 24.4. The molecule has 1 aliphatic rings. The number of ether oxygens (including phenoxy) is 6. The first kappa shape index (κ1) is 20.3. The highest BCUT2D eigenvalue weighted by Gasteiger charge is 2.31. The molecule has 0 spiro atoms. The van der Waals surface area contributed by atoms with E-state index in [1.54, 1.807) is 0 Å². The highest BCUT2D eigenvalue weighted by atomic mass is 16.6. The normalized spacial score (nSPS) is 19.5. The second kappa shape index (κ2) is 12.4. The Balaban J connectivity index is 1.90. The molecule has 0 saturated carbocycles. The average Bonchev–Trinajstić information content (AvgIpc) is 2.65. The van der Waals surface area contributed by atoms with Crippen LogP contribution in [-0.2, 0) is 44.6 Å². The molecule has 0 aromatic heterocycles. The molecular weight excluding hydrogens is 344 g/mol. The van der Waals surface area contributed by atoms with E-state index in [4.69, 9.17) is 28.4 Å². The lowest BCUT2D eigenvalue weighted by atomic mass is 10.2. The number of rotatable bonds is 3. The van der Waals surface area contributed by atoms with Gasteiger partial charge in [-0.25, -0.2) is 9.59 Å². The molecule has 144 valence electrons. The van der Waals surface area contributed by atoms with Gasteiger partial charge in [0.05, 0.1) is 46.2 Å². The lowest BCUT2D eigenvalue weighted by Gasteiger charge is -2.17. The predicted molar refractivity (Wildman–Crippen MR) is 89.4 cm³/mol. The van der Waals surface area contributed by atoms with Gasteiger partial charge in [0, 0.05) is 0 Å². The van der Waals surface area contributed by atoms with E-state index >= 15 is 0 Å². The number of carbonyl (C=O) groups excluding carboxylic acids is 2. The van der Waals surface area contributed by atoms with Crippen molar-refractivity contribution < 1.29 is 38.0 Å². The first-order valence-corrected chi connectivity index (χ1v) is 8.49. The Morgan fingerprint density at radius 2 is 1.19 bits per heavy atom. The van der Waals surface area contributed by atoms with E-state index in [0.717, 1.165) is 5.56 Å². The van der Waals surface area contributed by atoms with Gasteiger partial charge in [-0.05, 0) is 5.56 Å². The maximum absolute atomic E-state index is 12.2. The van der Waals surface area contributed by atoms with Crippen molar-refractivity contribution in [2.75, 3.05) is 52.9 Å². The molecule has 0 amide bonds. The first-order chi connectivity index (χ1) is 12.8. The van der Waals surface area contributed by atoms with E-state index in [2.05, 4.69) is 0 Å². The zero-order valence-electron chi connectivity index (χ0n) is 14.6. The highest BCUT2D eigenvalue weighted by molar-refractivity contribution is 5.98. The molecular formula is C18H24O8. The summed E-state index contributed by atoms with van der Waals surface area (Å²) in [7, 11) is 0. The van der Waals surface area contributed by atoms with Crippen molar-refractivity contribution in [3.63, 3.8) is 0 Å². The van der Waals surface area contributed by atoms with Crippen LogP contribution in [0, 0.1) is 0 Å². The Morgan fingerprint density at radius 1 is 0.731 bits per heavy atom. The van der Waals surface area contributed by atoms with E-state index in [0.29, 0.717) is 26.4 Å². The molecule has 0 radical (unpaired) electrons. The highest BCUT2D eigenvalue weighted by Crippen LogP contribution is 2.07. The summed E-state index contributed by atoms with van der Waals surface area (Å²) >= 11 is 0. The van der Waals surface area contributed by atoms with E-state index in [1.165, 1.54) is 0 Å². The van der Waals surface area contributed by atoms with Gasteiger partial charge in [0.1, 0.15) is 13.2 Å². The smallest absolute Gasteiger partial charge is 0.347 e. The van der Waals surface area contributed by atoms with Crippen molar-refractivity contribution in [1.82, 2.24) is 0 Å². The standard InChI is InChI=1S/C18H24O8/c19-17-16(26-14-15-4-2-1-3-5-15)18(20)25-13-11-23-9-7-21-6-8-22-10-12-24-17/h1-5,16H,6-14H2. The molecule has 1 aliphatic heterocycles. The molecule has 1 aromatic rings.